The van der Waals surface area contributed by atoms with E-state index in [0.717, 1.165) is 24.8 Å². The third-order valence-electron chi connectivity index (χ3n) is 4.39. The summed E-state index contributed by atoms with van der Waals surface area (Å²) < 4.78 is 4.86. The van der Waals surface area contributed by atoms with Gasteiger partial charge in [0.15, 0.2) is 0 Å². The Bertz CT molecular complexity index is 298. The number of carbonyl (C=O) groups is 1. The SMILES string of the molecule is COC(=O)[C@@H]1CC12CCN(CCSC(C)C)CC2. The van der Waals surface area contributed by atoms with Gasteiger partial charge in [0.2, 0.25) is 0 Å². The van der Waals surface area contributed by atoms with Gasteiger partial charge < -0.3 is 9.64 Å². The smallest absolute Gasteiger partial charge is 0.309 e. The molecule has 0 N–H and O–H groups in total. The molecular weight excluding hydrogens is 246 g/mol. The fourth-order valence-electron chi connectivity index (χ4n) is 3.02. The molecule has 104 valence electrons. The number of rotatable bonds is 5. The Balaban J connectivity index is 1.68. The number of ether oxygens (including phenoxy) is 1. The number of esters is 1. The number of likely N-dealkylation sites (tertiary alicyclic amines) is 1. The quantitative estimate of drug-likeness (QED) is 0.718. The summed E-state index contributed by atoms with van der Waals surface area (Å²) >= 11 is 2.03. The molecule has 4 heteroatoms. The van der Waals surface area contributed by atoms with Crippen LogP contribution in [0, 0.1) is 11.3 Å². The molecular formula is C14H25NO2S. The molecule has 0 radical (unpaired) electrons. The van der Waals surface area contributed by atoms with E-state index >= 15 is 0 Å². The van der Waals surface area contributed by atoms with E-state index in [1.165, 1.54) is 32.2 Å². The molecule has 1 aliphatic carbocycles. The van der Waals surface area contributed by atoms with Gasteiger partial charge in [0.25, 0.3) is 0 Å². The normalized spacial score (nSPS) is 26.6. The molecule has 2 rings (SSSR count). The van der Waals surface area contributed by atoms with Crippen LogP contribution in [0.4, 0.5) is 0 Å². The van der Waals surface area contributed by atoms with Crippen LogP contribution in [0.5, 0.6) is 0 Å². The second kappa shape index (κ2) is 5.83. The number of hydrogen-bond acceptors (Lipinski definition) is 4. The minimum absolute atomic E-state index is 0.0128. The summed E-state index contributed by atoms with van der Waals surface area (Å²) in [5.41, 5.74) is 0.314. The van der Waals surface area contributed by atoms with Gasteiger partial charge in [-0.05, 0) is 43.0 Å². The first-order valence-corrected chi connectivity index (χ1v) is 8.04. The van der Waals surface area contributed by atoms with Crippen molar-refractivity contribution in [2.24, 2.45) is 11.3 Å². The topological polar surface area (TPSA) is 29.5 Å². The predicted octanol–water partition coefficient (Wildman–Crippen LogP) is 2.40. The molecule has 0 aromatic rings. The third-order valence-corrected chi connectivity index (χ3v) is 5.47. The van der Waals surface area contributed by atoms with Crippen molar-refractivity contribution in [1.29, 1.82) is 0 Å². The second-order valence-electron chi connectivity index (χ2n) is 5.90. The van der Waals surface area contributed by atoms with Crippen molar-refractivity contribution in [3.8, 4) is 0 Å². The first-order chi connectivity index (χ1) is 8.57. The average Bonchev–Trinajstić information content (AvgIpc) is 3.05. The van der Waals surface area contributed by atoms with Gasteiger partial charge in [0, 0.05) is 12.3 Å². The van der Waals surface area contributed by atoms with Crippen LogP contribution in [0.1, 0.15) is 33.1 Å². The third kappa shape index (κ3) is 3.21. The van der Waals surface area contributed by atoms with Crippen LogP contribution in [0.3, 0.4) is 0 Å². The van der Waals surface area contributed by atoms with Gasteiger partial charge in [-0.15, -0.1) is 0 Å². The number of carbonyl (C=O) groups excluding carboxylic acids is 1. The van der Waals surface area contributed by atoms with E-state index in [4.69, 9.17) is 4.74 Å². The largest absolute Gasteiger partial charge is 0.469 e. The molecule has 1 spiro atoms. The van der Waals surface area contributed by atoms with E-state index in [9.17, 15) is 4.79 Å². The fraction of sp³-hybridized carbons (Fsp3) is 0.929. The summed E-state index contributed by atoms with van der Waals surface area (Å²) in [6, 6.07) is 0. The minimum Gasteiger partial charge on any atom is -0.469 e. The van der Waals surface area contributed by atoms with Crippen molar-refractivity contribution < 1.29 is 9.53 Å². The standard InChI is InChI=1S/C14H25NO2S/c1-11(2)18-9-8-15-6-4-14(5-7-15)10-12(14)13(16)17-3/h11-12H,4-10H2,1-3H3/t12-/m0/s1. The Labute approximate surface area is 115 Å². The molecule has 1 aliphatic heterocycles. The summed E-state index contributed by atoms with van der Waals surface area (Å²) in [4.78, 5) is 14.1. The van der Waals surface area contributed by atoms with Gasteiger partial charge in [-0.3, -0.25) is 4.79 Å². The Morgan fingerprint density at radius 2 is 2.11 bits per heavy atom. The first-order valence-electron chi connectivity index (χ1n) is 6.99. The van der Waals surface area contributed by atoms with Crippen LogP contribution in [-0.4, -0.2) is 48.6 Å². The van der Waals surface area contributed by atoms with Gasteiger partial charge >= 0.3 is 5.97 Å². The summed E-state index contributed by atoms with van der Waals surface area (Å²) in [5.74, 6) is 1.44. The van der Waals surface area contributed by atoms with E-state index in [2.05, 4.69) is 18.7 Å². The molecule has 2 fully saturated rings. The van der Waals surface area contributed by atoms with Crippen molar-refractivity contribution in [3.63, 3.8) is 0 Å². The lowest BCUT2D eigenvalue weighted by Gasteiger charge is -2.32. The summed E-state index contributed by atoms with van der Waals surface area (Å²) in [7, 11) is 1.51. The number of nitrogens with zero attached hydrogens (tertiary/aromatic N) is 1. The Hall–Kier alpha value is -0.220. The molecule has 1 saturated heterocycles. The maximum Gasteiger partial charge on any atom is 0.309 e. The average molecular weight is 271 g/mol. The van der Waals surface area contributed by atoms with Gasteiger partial charge in [-0.2, -0.15) is 11.8 Å². The number of hydrogen-bond donors (Lipinski definition) is 0. The van der Waals surface area contributed by atoms with Gasteiger partial charge in [0.1, 0.15) is 0 Å². The van der Waals surface area contributed by atoms with Crippen molar-refractivity contribution in [2.75, 3.05) is 32.5 Å². The maximum atomic E-state index is 11.5. The zero-order valence-electron chi connectivity index (χ0n) is 11.8. The van der Waals surface area contributed by atoms with Crippen LogP contribution in [0.15, 0.2) is 0 Å². The van der Waals surface area contributed by atoms with Crippen molar-refractivity contribution >= 4 is 17.7 Å². The molecule has 2 aliphatic rings. The highest BCUT2D eigenvalue weighted by molar-refractivity contribution is 7.99. The van der Waals surface area contributed by atoms with E-state index in [-0.39, 0.29) is 11.9 Å². The highest BCUT2D eigenvalue weighted by atomic mass is 32.2. The molecule has 0 aromatic carbocycles. The van der Waals surface area contributed by atoms with Crippen LogP contribution in [0.25, 0.3) is 0 Å². The van der Waals surface area contributed by atoms with E-state index in [0.29, 0.717) is 5.41 Å². The highest BCUT2D eigenvalue weighted by Gasteiger charge is 2.59. The summed E-state index contributed by atoms with van der Waals surface area (Å²) in [6.45, 7) is 8.02. The van der Waals surface area contributed by atoms with Crippen LogP contribution in [0.2, 0.25) is 0 Å². The first kappa shape index (κ1) is 14.2. The molecule has 0 unspecified atom stereocenters. The van der Waals surface area contributed by atoms with E-state index in [1.807, 2.05) is 11.8 Å². The zero-order chi connectivity index (χ0) is 13.2. The van der Waals surface area contributed by atoms with Gasteiger partial charge in [-0.25, -0.2) is 0 Å². The minimum atomic E-state index is 0.0128. The molecule has 1 atom stereocenters. The Morgan fingerprint density at radius 3 is 2.67 bits per heavy atom. The highest BCUT2D eigenvalue weighted by Crippen LogP contribution is 2.59. The Morgan fingerprint density at radius 1 is 1.44 bits per heavy atom. The lowest BCUT2D eigenvalue weighted by Crippen LogP contribution is -2.37. The molecule has 0 bridgehead atoms. The van der Waals surface area contributed by atoms with E-state index < -0.39 is 0 Å². The van der Waals surface area contributed by atoms with Crippen molar-refractivity contribution in [3.05, 3.63) is 0 Å². The predicted molar refractivity (Wildman–Crippen MR) is 75.8 cm³/mol. The molecule has 0 aromatic heterocycles. The number of thioether (sulfide) groups is 1. The molecule has 18 heavy (non-hydrogen) atoms. The number of methoxy groups -OCH3 is 1. The molecule has 0 amide bonds. The Kier molecular flexibility index (Phi) is 4.59. The van der Waals surface area contributed by atoms with Crippen molar-refractivity contribution in [1.82, 2.24) is 4.90 Å². The zero-order valence-corrected chi connectivity index (χ0v) is 12.6. The lowest BCUT2D eigenvalue weighted by atomic mass is 9.91. The van der Waals surface area contributed by atoms with Gasteiger partial charge in [-0.1, -0.05) is 13.8 Å². The lowest BCUT2D eigenvalue weighted by molar-refractivity contribution is -0.143. The fourth-order valence-corrected chi connectivity index (χ4v) is 3.85. The second-order valence-corrected chi connectivity index (χ2v) is 7.59. The molecule has 1 heterocycles. The summed E-state index contributed by atoms with van der Waals surface area (Å²) in [6.07, 6.45) is 3.42. The molecule has 3 nitrogen and oxygen atoms in total. The summed E-state index contributed by atoms with van der Waals surface area (Å²) in [5, 5.41) is 0.730. The molecule has 1 saturated carbocycles. The van der Waals surface area contributed by atoms with Crippen LogP contribution < -0.4 is 0 Å². The van der Waals surface area contributed by atoms with Crippen molar-refractivity contribution in [2.45, 2.75) is 38.4 Å². The van der Waals surface area contributed by atoms with Crippen LogP contribution >= 0.6 is 11.8 Å². The van der Waals surface area contributed by atoms with Crippen LogP contribution in [-0.2, 0) is 9.53 Å². The van der Waals surface area contributed by atoms with Gasteiger partial charge in [0.05, 0.1) is 13.0 Å². The maximum absolute atomic E-state index is 11.5. The van der Waals surface area contributed by atoms with E-state index in [1.54, 1.807) is 0 Å². The number of piperidine rings is 1. The monoisotopic (exact) mass is 271 g/mol.